The van der Waals surface area contributed by atoms with Gasteiger partial charge in [0.15, 0.2) is 6.20 Å². The monoisotopic (exact) mass is 419 g/mol. The van der Waals surface area contributed by atoms with Crippen molar-refractivity contribution in [2.24, 2.45) is 0 Å². The molecule has 7 heteroatoms. The highest BCUT2D eigenvalue weighted by atomic mass is 32.2. The number of benzene rings is 2. The van der Waals surface area contributed by atoms with Crippen molar-refractivity contribution in [3.8, 4) is 5.75 Å². The molecule has 1 aliphatic rings. The van der Waals surface area contributed by atoms with Crippen LogP contribution in [0.5, 0.6) is 5.75 Å². The van der Waals surface area contributed by atoms with Gasteiger partial charge < -0.3 is 9.94 Å². The molecule has 0 saturated carbocycles. The number of nitrogens with zero attached hydrogens (tertiary/aromatic N) is 2. The molecule has 0 aliphatic carbocycles. The van der Waals surface area contributed by atoms with E-state index in [0.29, 0.717) is 5.03 Å². The molecule has 1 aliphatic heterocycles. The molecule has 1 N–H and O–H groups in total. The van der Waals surface area contributed by atoms with E-state index in [1.807, 2.05) is 60.7 Å². The van der Waals surface area contributed by atoms with E-state index in [0.717, 1.165) is 27.3 Å². The molecule has 0 fully saturated rings. The maximum Gasteiger partial charge on any atom is 0.252 e. The molecule has 4 rings (SSSR count). The number of carbonyl (C=O) groups excluding carboxylic acids is 1. The van der Waals surface area contributed by atoms with Crippen LogP contribution in [0.25, 0.3) is 5.70 Å². The Kier molecular flexibility index (Phi) is 5.90. The van der Waals surface area contributed by atoms with Gasteiger partial charge in [-0.15, -0.1) is 0 Å². The third kappa shape index (κ3) is 4.26. The predicted molar refractivity (Wildman–Crippen MR) is 116 cm³/mol. The van der Waals surface area contributed by atoms with Crippen LogP contribution >= 0.6 is 11.8 Å². The lowest BCUT2D eigenvalue weighted by Crippen LogP contribution is -2.41. The summed E-state index contributed by atoms with van der Waals surface area (Å²) in [6, 6.07) is 22.4. The molecule has 0 radical (unpaired) electrons. The number of thioether (sulfide) groups is 1. The Hall–Kier alpha value is -3.45. The first-order chi connectivity index (χ1) is 14.7. The molecule has 0 bridgehead atoms. The third-order valence-corrected chi connectivity index (χ3v) is 5.79. The smallest absolute Gasteiger partial charge is 0.252 e. The summed E-state index contributed by atoms with van der Waals surface area (Å²) in [6.45, 7) is 0. The zero-order valence-electron chi connectivity index (χ0n) is 16.4. The van der Waals surface area contributed by atoms with E-state index in [4.69, 9.17) is 4.74 Å². The Labute approximate surface area is 179 Å². The highest BCUT2D eigenvalue weighted by Crippen LogP contribution is 2.32. The summed E-state index contributed by atoms with van der Waals surface area (Å²) in [5, 5.41) is 14.0. The summed E-state index contributed by atoms with van der Waals surface area (Å²) in [5.74, 6) is 0.781. The molecule has 1 aromatic heterocycles. The van der Waals surface area contributed by atoms with Crippen LogP contribution in [0.1, 0.15) is 17.2 Å². The molecular formula is C23H21N3O3S. The molecule has 6 nitrogen and oxygen atoms in total. The first kappa shape index (κ1) is 19.8. The molecule has 1 atom stereocenters. The average Bonchev–Trinajstić information content (AvgIpc) is 3.25. The number of pyridine rings is 1. The number of methoxy groups -OCH3 is 1. The highest BCUT2D eigenvalue weighted by molar-refractivity contribution is 7.99. The Balaban J connectivity index is 1.57. The Morgan fingerprint density at radius 1 is 1.10 bits per heavy atom. The first-order valence-electron chi connectivity index (χ1n) is 9.46. The molecule has 0 spiro atoms. The SMILES string of the molecule is COc1ccc([C@H]2C=C(c3ccccc3)NN2C(=O)CSc2cccc[n+]2[O-])cc1. The largest absolute Gasteiger partial charge is 0.618 e. The van der Waals surface area contributed by atoms with Gasteiger partial charge in [0, 0.05) is 12.1 Å². The molecule has 2 aromatic carbocycles. The van der Waals surface area contributed by atoms with Crippen LogP contribution < -0.4 is 14.9 Å². The minimum atomic E-state index is -0.269. The molecule has 3 aromatic rings. The number of hydrogen-bond acceptors (Lipinski definition) is 5. The summed E-state index contributed by atoms with van der Waals surface area (Å²) < 4.78 is 6.02. The maximum absolute atomic E-state index is 13.1. The van der Waals surface area contributed by atoms with Gasteiger partial charge in [-0.3, -0.25) is 10.2 Å². The Bertz CT molecular complexity index is 1050. The predicted octanol–water partition coefficient (Wildman–Crippen LogP) is 3.55. The number of amides is 1. The minimum absolute atomic E-state index is 0.119. The number of ether oxygens (including phenoxy) is 1. The van der Waals surface area contributed by atoms with Crippen LogP contribution in [0.2, 0.25) is 0 Å². The van der Waals surface area contributed by atoms with Gasteiger partial charge >= 0.3 is 0 Å². The summed E-state index contributed by atoms with van der Waals surface area (Å²) in [5.41, 5.74) is 6.08. The fourth-order valence-corrected chi connectivity index (χ4v) is 4.01. The Morgan fingerprint density at radius 3 is 2.53 bits per heavy atom. The number of carbonyl (C=O) groups is 1. The van der Waals surface area contributed by atoms with Crippen molar-refractivity contribution >= 4 is 23.4 Å². The van der Waals surface area contributed by atoms with Crippen molar-refractivity contribution in [2.45, 2.75) is 11.1 Å². The second-order valence-corrected chi connectivity index (χ2v) is 7.69. The van der Waals surface area contributed by atoms with Gasteiger partial charge in [0.1, 0.15) is 5.75 Å². The van der Waals surface area contributed by atoms with Crippen molar-refractivity contribution in [1.29, 1.82) is 0 Å². The summed E-state index contributed by atoms with van der Waals surface area (Å²) >= 11 is 1.22. The van der Waals surface area contributed by atoms with Gasteiger partial charge in [0.05, 0.1) is 24.6 Å². The second kappa shape index (κ2) is 8.92. The van der Waals surface area contributed by atoms with Gasteiger partial charge in [-0.2, -0.15) is 4.73 Å². The van der Waals surface area contributed by atoms with Crippen molar-refractivity contribution in [3.63, 3.8) is 0 Å². The molecule has 0 unspecified atom stereocenters. The lowest BCUT2D eigenvalue weighted by molar-refractivity contribution is -0.645. The van der Waals surface area contributed by atoms with Gasteiger partial charge in [0.2, 0.25) is 0 Å². The molecular weight excluding hydrogens is 398 g/mol. The fourth-order valence-electron chi connectivity index (χ4n) is 3.24. The molecule has 2 heterocycles. The normalized spacial score (nSPS) is 15.4. The van der Waals surface area contributed by atoms with Crippen LogP contribution in [-0.4, -0.2) is 23.8 Å². The zero-order chi connectivity index (χ0) is 20.9. The summed E-state index contributed by atoms with van der Waals surface area (Å²) in [7, 11) is 1.62. The van der Waals surface area contributed by atoms with Crippen molar-refractivity contribution in [3.05, 3.63) is 101 Å². The molecule has 30 heavy (non-hydrogen) atoms. The Morgan fingerprint density at radius 2 is 1.83 bits per heavy atom. The maximum atomic E-state index is 13.1. The van der Waals surface area contributed by atoms with Gasteiger partial charge in [0.25, 0.3) is 10.9 Å². The van der Waals surface area contributed by atoms with E-state index < -0.39 is 0 Å². The van der Waals surface area contributed by atoms with E-state index >= 15 is 0 Å². The van der Waals surface area contributed by atoms with Crippen molar-refractivity contribution in [2.75, 3.05) is 12.9 Å². The quantitative estimate of drug-likeness (QED) is 0.376. The van der Waals surface area contributed by atoms with Crippen LogP contribution in [0.3, 0.4) is 0 Å². The first-order valence-corrected chi connectivity index (χ1v) is 10.4. The number of aromatic nitrogens is 1. The van der Waals surface area contributed by atoms with Crippen molar-refractivity contribution in [1.82, 2.24) is 10.4 Å². The lowest BCUT2D eigenvalue weighted by Gasteiger charge is -2.25. The van der Waals surface area contributed by atoms with Gasteiger partial charge in [-0.1, -0.05) is 42.5 Å². The third-order valence-electron chi connectivity index (χ3n) is 4.79. The van der Waals surface area contributed by atoms with E-state index in [2.05, 4.69) is 5.43 Å². The number of nitrogens with one attached hydrogen (secondary N) is 1. The highest BCUT2D eigenvalue weighted by Gasteiger charge is 2.31. The van der Waals surface area contributed by atoms with E-state index in [-0.39, 0.29) is 17.7 Å². The van der Waals surface area contributed by atoms with E-state index in [9.17, 15) is 10.0 Å². The van der Waals surface area contributed by atoms with Crippen LogP contribution in [-0.2, 0) is 4.79 Å². The number of hydrogen-bond donors (Lipinski definition) is 1. The number of hydrazine groups is 1. The zero-order valence-corrected chi connectivity index (χ0v) is 17.2. The van der Waals surface area contributed by atoms with E-state index in [1.54, 1.807) is 30.3 Å². The van der Waals surface area contributed by atoms with Gasteiger partial charge in [-0.05, 0) is 47.2 Å². The fraction of sp³-hybridized carbons (Fsp3) is 0.130. The molecule has 0 saturated heterocycles. The van der Waals surface area contributed by atoms with Crippen LogP contribution in [0.15, 0.2) is 90.1 Å². The lowest BCUT2D eigenvalue weighted by atomic mass is 10.0. The van der Waals surface area contributed by atoms with E-state index in [1.165, 1.54) is 18.0 Å². The topological polar surface area (TPSA) is 68.5 Å². The summed E-state index contributed by atoms with van der Waals surface area (Å²) in [4.78, 5) is 13.1. The minimum Gasteiger partial charge on any atom is -0.618 e. The summed E-state index contributed by atoms with van der Waals surface area (Å²) in [6.07, 6.45) is 3.46. The molecule has 152 valence electrons. The average molecular weight is 420 g/mol. The van der Waals surface area contributed by atoms with Crippen LogP contribution in [0, 0.1) is 5.21 Å². The van der Waals surface area contributed by atoms with Crippen LogP contribution in [0.4, 0.5) is 0 Å². The molecule has 1 amide bonds. The second-order valence-electron chi connectivity index (χ2n) is 6.69. The number of rotatable bonds is 6. The van der Waals surface area contributed by atoms with Crippen molar-refractivity contribution < 1.29 is 14.3 Å². The standard InChI is InChI=1S/C23H21N3O3S/c1-29-19-12-10-18(11-13-19)21-15-20(17-7-3-2-4-8-17)24-26(21)22(27)16-30-23-9-5-6-14-25(23)28/h2-15,21,24H,16H2,1H3/t21-/m1/s1. The van der Waals surface area contributed by atoms with Gasteiger partial charge in [-0.25, -0.2) is 5.01 Å².